The van der Waals surface area contributed by atoms with Gasteiger partial charge in [-0.2, -0.15) is 0 Å². The van der Waals surface area contributed by atoms with Crippen molar-refractivity contribution in [3.8, 4) is 11.1 Å². The number of amides is 1. The van der Waals surface area contributed by atoms with Crippen LogP contribution in [0, 0.1) is 17.8 Å². The van der Waals surface area contributed by atoms with Gasteiger partial charge in [-0.3, -0.25) is 9.78 Å². The lowest BCUT2D eigenvalue weighted by molar-refractivity contribution is -0.120. The molecule has 1 aromatic heterocycles. The van der Waals surface area contributed by atoms with E-state index in [-0.39, 0.29) is 11.4 Å². The Bertz CT molecular complexity index is 842. The third-order valence-electron chi connectivity index (χ3n) is 7.27. The van der Waals surface area contributed by atoms with Crippen LogP contribution < -0.4 is 5.32 Å². The van der Waals surface area contributed by atoms with Crippen LogP contribution in [0.1, 0.15) is 38.3 Å². The molecule has 1 aromatic carbocycles. The first kappa shape index (κ1) is 17.9. The average molecular weight is 376 g/mol. The molecule has 2 bridgehead atoms. The van der Waals surface area contributed by atoms with Crippen molar-refractivity contribution >= 4 is 5.91 Å². The predicted octanol–water partition coefficient (Wildman–Crippen LogP) is 3.83. The lowest BCUT2D eigenvalue weighted by Gasteiger charge is -2.30. The van der Waals surface area contributed by atoms with Crippen molar-refractivity contribution in [2.24, 2.45) is 17.8 Å². The Kier molecular flexibility index (Phi) is 4.47. The zero-order valence-electron chi connectivity index (χ0n) is 16.6. The first-order valence-electron chi connectivity index (χ1n) is 10.7. The zero-order valence-corrected chi connectivity index (χ0v) is 16.6. The van der Waals surface area contributed by atoms with Crippen molar-refractivity contribution in [1.29, 1.82) is 0 Å². The van der Waals surface area contributed by atoms with Gasteiger partial charge in [0, 0.05) is 18.7 Å². The standard InChI is InChI=1S/C24H29N3O/c1-17(28)26-24(15-22(24)21-11-14-27-12-9-19(21)10-13-27)23-8-7-20(16-25-23)18-5-3-2-4-6-18/h2-8,16,19,21-22H,9-15H2,1H3,(H,26,28). The summed E-state index contributed by atoms with van der Waals surface area (Å²) in [6.45, 7) is 5.37. The summed E-state index contributed by atoms with van der Waals surface area (Å²) in [6.07, 6.45) is 6.90. The third kappa shape index (κ3) is 3.14. The van der Waals surface area contributed by atoms with Crippen LogP contribution in [0.2, 0.25) is 0 Å². The van der Waals surface area contributed by atoms with E-state index in [0.717, 1.165) is 23.6 Å². The molecule has 2 aromatic rings. The summed E-state index contributed by atoms with van der Waals surface area (Å²) in [5.74, 6) is 2.09. The minimum Gasteiger partial charge on any atom is -0.345 e. The van der Waals surface area contributed by atoms with Gasteiger partial charge in [-0.25, -0.2) is 0 Å². The van der Waals surface area contributed by atoms with Crippen molar-refractivity contribution < 1.29 is 4.79 Å². The van der Waals surface area contributed by atoms with Gasteiger partial charge >= 0.3 is 0 Å². The lowest BCUT2D eigenvalue weighted by Crippen LogP contribution is -2.38. The Morgan fingerprint density at radius 3 is 2.46 bits per heavy atom. The topological polar surface area (TPSA) is 45.2 Å². The molecule has 28 heavy (non-hydrogen) atoms. The van der Waals surface area contributed by atoms with Gasteiger partial charge in [0.1, 0.15) is 0 Å². The van der Waals surface area contributed by atoms with Gasteiger partial charge in [-0.15, -0.1) is 0 Å². The highest BCUT2D eigenvalue weighted by Crippen LogP contribution is 2.59. The third-order valence-corrected chi connectivity index (χ3v) is 7.27. The fraction of sp³-hybridized carbons (Fsp3) is 0.500. The predicted molar refractivity (Wildman–Crippen MR) is 111 cm³/mol. The molecule has 3 aliphatic heterocycles. The molecule has 4 heterocycles. The first-order valence-corrected chi connectivity index (χ1v) is 10.7. The largest absolute Gasteiger partial charge is 0.345 e. The molecule has 6 rings (SSSR count). The van der Waals surface area contributed by atoms with E-state index in [2.05, 4.69) is 46.6 Å². The molecule has 1 saturated carbocycles. The van der Waals surface area contributed by atoms with Crippen LogP contribution in [0.25, 0.3) is 11.1 Å². The number of carbonyl (C=O) groups excluding carboxylic acids is 1. The van der Waals surface area contributed by atoms with Crippen molar-refractivity contribution in [3.05, 3.63) is 54.4 Å². The second kappa shape index (κ2) is 7.00. The highest BCUT2D eigenvalue weighted by molar-refractivity contribution is 5.75. The van der Waals surface area contributed by atoms with Gasteiger partial charge in [-0.1, -0.05) is 36.4 Å². The summed E-state index contributed by atoms with van der Waals surface area (Å²) >= 11 is 0. The van der Waals surface area contributed by atoms with Gasteiger partial charge in [0.05, 0.1) is 11.2 Å². The molecule has 1 aliphatic carbocycles. The number of nitrogens with one attached hydrogen (secondary N) is 1. The molecule has 4 nitrogen and oxygen atoms in total. The van der Waals surface area contributed by atoms with Crippen LogP contribution in [-0.4, -0.2) is 35.4 Å². The SMILES string of the molecule is CC(=O)NC1(c2ccc(-c3ccccc3)cn2)CC1C1CCN2CCC1CC2. The number of hydrogen-bond acceptors (Lipinski definition) is 3. The summed E-state index contributed by atoms with van der Waals surface area (Å²) in [6, 6.07) is 14.6. The van der Waals surface area contributed by atoms with Crippen molar-refractivity contribution in [3.63, 3.8) is 0 Å². The second-order valence-corrected chi connectivity index (χ2v) is 8.89. The average Bonchev–Trinajstić information content (AvgIpc) is 3.49. The number of carbonyl (C=O) groups is 1. The van der Waals surface area contributed by atoms with Crippen molar-refractivity contribution in [2.75, 3.05) is 19.6 Å². The van der Waals surface area contributed by atoms with E-state index in [9.17, 15) is 4.79 Å². The normalized spacial score (nSPS) is 33.9. The highest BCUT2D eigenvalue weighted by atomic mass is 16.1. The molecule has 0 radical (unpaired) electrons. The summed E-state index contributed by atoms with van der Waals surface area (Å²) in [5, 5.41) is 3.32. The molecule has 4 fully saturated rings. The molecule has 4 heteroatoms. The Morgan fingerprint density at radius 1 is 1.04 bits per heavy atom. The Morgan fingerprint density at radius 2 is 1.79 bits per heavy atom. The lowest BCUT2D eigenvalue weighted by atomic mass is 9.80. The Balaban J connectivity index is 1.42. The summed E-state index contributed by atoms with van der Waals surface area (Å²) in [4.78, 5) is 19.5. The van der Waals surface area contributed by atoms with Crippen LogP contribution in [0.4, 0.5) is 0 Å². The van der Waals surface area contributed by atoms with E-state index in [1.165, 1.54) is 44.5 Å². The molecule has 3 saturated heterocycles. The molecule has 1 amide bonds. The smallest absolute Gasteiger partial charge is 0.217 e. The number of rotatable bonds is 4. The minimum absolute atomic E-state index is 0.0538. The van der Waals surface area contributed by atoms with Crippen LogP contribution >= 0.6 is 0 Å². The van der Waals surface area contributed by atoms with Crippen LogP contribution in [0.15, 0.2) is 48.7 Å². The van der Waals surface area contributed by atoms with Crippen molar-refractivity contribution in [2.45, 2.75) is 38.1 Å². The molecule has 3 atom stereocenters. The first-order chi connectivity index (χ1) is 13.7. The second-order valence-electron chi connectivity index (χ2n) is 8.89. The van der Waals surface area contributed by atoms with Gasteiger partial charge in [0.25, 0.3) is 0 Å². The van der Waals surface area contributed by atoms with Crippen LogP contribution in [-0.2, 0) is 10.3 Å². The number of fused-ring (bicyclic) bond motifs is 4. The maximum Gasteiger partial charge on any atom is 0.217 e. The van der Waals surface area contributed by atoms with E-state index >= 15 is 0 Å². The molecular formula is C24H29N3O. The Hall–Kier alpha value is -2.20. The minimum atomic E-state index is -0.260. The number of benzene rings is 1. The van der Waals surface area contributed by atoms with E-state index in [0.29, 0.717) is 11.8 Å². The quantitative estimate of drug-likeness (QED) is 0.883. The van der Waals surface area contributed by atoms with E-state index in [1.807, 2.05) is 12.3 Å². The molecule has 4 aliphatic rings. The number of piperidine rings is 1. The van der Waals surface area contributed by atoms with E-state index < -0.39 is 0 Å². The molecular weight excluding hydrogens is 346 g/mol. The highest BCUT2D eigenvalue weighted by Gasteiger charge is 2.61. The van der Waals surface area contributed by atoms with Crippen LogP contribution in [0.5, 0.6) is 0 Å². The van der Waals surface area contributed by atoms with Gasteiger partial charge < -0.3 is 10.2 Å². The summed E-state index contributed by atoms with van der Waals surface area (Å²) in [5.41, 5.74) is 3.08. The zero-order chi connectivity index (χ0) is 19.1. The fourth-order valence-electron chi connectivity index (χ4n) is 5.78. The van der Waals surface area contributed by atoms with Gasteiger partial charge in [0.15, 0.2) is 0 Å². The van der Waals surface area contributed by atoms with Gasteiger partial charge in [0.2, 0.25) is 5.91 Å². The molecule has 3 unspecified atom stereocenters. The Labute approximate surface area is 167 Å². The van der Waals surface area contributed by atoms with Crippen molar-refractivity contribution in [1.82, 2.24) is 15.2 Å². The van der Waals surface area contributed by atoms with Gasteiger partial charge in [-0.05, 0) is 74.7 Å². The van der Waals surface area contributed by atoms with E-state index in [4.69, 9.17) is 4.98 Å². The van der Waals surface area contributed by atoms with Crippen LogP contribution in [0.3, 0.4) is 0 Å². The summed E-state index contributed by atoms with van der Waals surface area (Å²) in [7, 11) is 0. The maximum atomic E-state index is 12.1. The molecule has 146 valence electrons. The molecule has 1 N–H and O–H groups in total. The number of aromatic nitrogens is 1. The maximum absolute atomic E-state index is 12.1. The fourth-order valence-corrected chi connectivity index (χ4v) is 5.78. The monoisotopic (exact) mass is 375 g/mol. The number of pyridine rings is 1. The molecule has 0 spiro atoms. The number of hydrogen-bond donors (Lipinski definition) is 1. The number of nitrogens with zero attached hydrogens (tertiary/aromatic N) is 2. The van der Waals surface area contributed by atoms with E-state index in [1.54, 1.807) is 6.92 Å². The summed E-state index contributed by atoms with van der Waals surface area (Å²) < 4.78 is 0.